The van der Waals surface area contributed by atoms with Crippen molar-refractivity contribution < 1.29 is 19.5 Å². The summed E-state index contributed by atoms with van der Waals surface area (Å²) >= 11 is 0. The topological polar surface area (TPSA) is 171 Å². The lowest BCUT2D eigenvalue weighted by molar-refractivity contribution is -0.102. The number of aliphatic hydroxyl groups is 2. The fourth-order valence-electron chi connectivity index (χ4n) is 2.48. The zero-order valence-electron chi connectivity index (χ0n) is 15.9. The lowest BCUT2D eigenvalue weighted by Gasteiger charge is -2.13. The third-order valence-corrected chi connectivity index (χ3v) is 4.03. The number of anilines is 3. The second-order valence-corrected chi connectivity index (χ2v) is 6.38. The second kappa shape index (κ2) is 8.52. The molecule has 152 valence electrons. The van der Waals surface area contributed by atoms with Gasteiger partial charge in [-0.25, -0.2) is 4.98 Å². The number of rotatable bonds is 6. The van der Waals surface area contributed by atoms with Gasteiger partial charge < -0.3 is 25.8 Å². The average molecular weight is 406 g/mol. The van der Waals surface area contributed by atoms with Gasteiger partial charge in [-0.3, -0.25) is 10.2 Å². The van der Waals surface area contributed by atoms with Gasteiger partial charge in [-0.2, -0.15) is 4.98 Å². The minimum absolute atomic E-state index is 0.0638. The molecule has 0 aliphatic rings. The van der Waals surface area contributed by atoms with Gasteiger partial charge in [0, 0.05) is 23.4 Å². The maximum atomic E-state index is 11.1. The molecule has 0 spiro atoms. The van der Waals surface area contributed by atoms with Crippen LogP contribution >= 0.6 is 0 Å². The van der Waals surface area contributed by atoms with Crippen LogP contribution in [0.1, 0.15) is 29.5 Å². The average Bonchev–Trinajstić information content (AvgIpc) is 3.22. The van der Waals surface area contributed by atoms with E-state index >= 15 is 0 Å². The van der Waals surface area contributed by atoms with Crippen molar-refractivity contribution in [2.24, 2.45) is 0 Å². The Labute approximate surface area is 171 Å². The second-order valence-electron chi connectivity index (χ2n) is 6.38. The molecule has 1 atom stereocenters. The van der Waals surface area contributed by atoms with Crippen LogP contribution in [0.3, 0.4) is 0 Å². The van der Waals surface area contributed by atoms with E-state index in [9.17, 15) is 9.90 Å². The minimum Gasteiger partial charge on any atom is -0.388 e. The third-order valence-electron chi connectivity index (χ3n) is 4.03. The summed E-state index contributed by atoms with van der Waals surface area (Å²) in [6, 6.07) is 7.77. The first-order valence-electron chi connectivity index (χ1n) is 8.68. The van der Waals surface area contributed by atoms with E-state index in [1.54, 1.807) is 24.3 Å². The lowest BCUT2D eigenvalue weighted by atomic mass is 10.0. The Morgan fingerprint density at radius 1 is 1.40 bits per heavy atom. The van der Waals surface area contributed by atoms with Gasteiger partial charge in [-0.15, -0.1) is 0 Å². The largest absolute Gasteiger partial charge is 0.388 e. The summed E-state index contributed by atoms with van der Waals surface area (Å²) < 4.78 is 4.89. The van der Waals surface area contributed by atoms with Crippen LogP contribution in [0.25, 0.3) is 0 Å². The summed E-state index contributed by atoms with van der Waals surface area (Å²) in [6.07, 6.45) is 1.89. The summed E-state index contributed by atoms with van der Waals surface area (Å²) in [6.45, 7) is 1.10. The first-order chi connectivity index (χ1) is 14.3. The van der Waals surface area contributed by atoms with Gasteiger partial charge in [0.2, 0.25) is 5.95 Å². The monoisotopic (exact) mass is 406 g/mol. The molecule has 1 aromatic carbocycles. The Hall–Kier alpha value is -4.07. The molecule has 30 heavy (non-hydrogen) atoms. The van der Waals surface area contributed by atoms with Crippen molar-refractivity contribution in [3.05, 3.63) is 59.1 Å². The predicted molar refractivity (Wildman–Crippen MR) is 108 cm³/mol. The zero-order valence-corrected chi connectivity index (χ0v) is 15.9. The summed E-state index contributed by atoms with van der Waals surface area (Å²) in [7, 11) is 0. The molecule has 3 rings (SSSR count). The molecule has 0 aliphatic carbocycles. The van der Waals surface area contributed by atoms with Gasteiger partial charge in [0.1, 0.15) is 23.8 Å². The number of hydrogen-bond donors (Lipinski definition) is 5. The molecule has 10 heteroatoms. The summed E-state index contributed by atoms with van der Waals surface area (Å²) in [5.74, 6) is 6.17. The number of aliphatic hydroxyl groups excluding tert-OH is 1. The Balaban J connectivity index is 1.95. The van der Waals surface area contributed by atoms with Crippen LogP contribution in [0.2, 0.25) is 0 Å². The number of aldehydes is 1. The highest BCUT2D eigenvalue weighted by molar-refractivity contribution is 6.36. The molecule has 1 unspecified atom stereocenters. The highest BCUT2D eigenvalue weighted by atomic mass is 16.5. The summed E-state index contributed by atoms with van der Waals surface area (Å²) in [5.41, 5.74) is 5.13. The number of carbonyl (C=O) groups excluding carboxylic acids is 1. The van der Waals surface area contributed by atoms with Crippen molar-refractivity contribution in [2.75, 3.05) is 11.1 Å². The molecule has 0 saturated carbocycles. The standard InChI is InChI=1S/C20H18N6O4/c1-20(29,17-9-13(10-27)30-26-17)6-4-12-2-3-14(15(21)11-28)16(8-12)24-18-5-7-23-19(22)25-18/h2-3,5,7-9,11,21,27,29H,10H2,1H3,(H3,22,23,24,25). The van der Waals surface area contributed by atoms with Crippen molar-refractivity contribution >= 4 is 29.5 Å². The van der Waals surface area contributed by atoms with E-state index < -0.39 is 5.60 Å². The van der Waals surface area contributed by atoms with E-state index in [2.05, 4.69) is 32.3 Å². The normalized spacial score (nSPS) is 12.4. The van der Waals surface area contributed by atoms with Crippen LogP contribution < -0.4 is 11.1 Å². The smallest absolute Gasteiger partial charge is 0.221 e. The van der Waals surface area contributed by atoms with Gasteiger partial charge >= 0.3 is 0 Å². The van der Waals surface area contributed by atoms with Crippen LogP contribution in [0, 0.1) is 17.3 Å². The van der Waals surface area contributed by atoms with Crippen LogP contribution in [0.4, 0.5) is 17.5 Å². The Morgan fingerprint density at radius 2 is 2.20 bits per heavy atom. The van der Waals surface area contributed by atoms with E-state index in [0.29, 0.717) is 28.9 Å². The summed E-state index contributed by atoms with van der Waals surface area (Å²) in [5, 5.41) is 34.2. The third kappa shape index (κ3) is 4.67. The highest BCUT2D eigenvalue weighted by Crippen LogP contribution is 2.23. The van der Waals surface area contributed by atoms with E-state index in [-0.39, 0.29) is 29.7 Å². The maximum Gasteiger partial charge on any atom is 0.221 e. The Kier molecular flexibility index (Phi) is 5.87. The molecule has 2 aromatic heterocycles. The number of carbonyl (C=O) groups is 1. The first-order valence-corrected chi connectivity index (χ1v) is 8.68. The van der Waals surface area contributed by atoms with Gasteiger partial charge in [0.25, 0.3) is 0 Å². The van der Waals surface area contributed by atoms with E-state index in [4.69, 9.17) is 20.8 Å². The van der Waals surface area contributed by atoms with Crippen molar-refractivity contribution in [1.82, 2.24) is 15.1 Å². The van der Waals surface area contributed by atoms with E-state index in [1.165, 1.54) is 19.2 Å². The number of nitrogens with two attached hydrogens (primary N) is 1. The molecular formula is C20H18N6O4. The minimum atomic E-state index is -1.63. The fraction of sp³-hybridized carbons (Fsp3) is 0.150. The zero-order chi connectivity index (χ0) is 21.7. The molecule has 0 saturated heterocycles. The molecule has 10 nitrogen and oxygen atoms in total. The van der Waals surface area contributed by atoms with Crippen molar-refractivity contribution in [3.63, 3.8) is 0 Å². The van der Waals surface area contributed by atoms with Crippen LogP contribution in [0.5, 0.6) is 0 Å². The van der Waals surface area contributed by atoms with Gasteiger partial charge in [0.15, 0.2) is 17.6 Å². The Morgan fingerprint density at radius 3 is 2.87 bits per heavy atom. The van der Waals surface area contributed by atoms with Crippen molar-refractivity contribution in [2.45, 2.75) is 19.1 Å². The lowest BCUT2D eigenvalue weighted by Crippen LogP contribution is -2.18. The predicted octanol–water partition coefficient (Wildman–Crippen LogP) is 1.11. The maximum absolute atomic E-state index is 11.1. The SMILES string of the molecule is CC(O)(C#Cc1ccc(C(=N)C=O)c(Nc2ccnc(N)n2)c1)c1cc(CO)on1. The van der Waals surface area contributed by atoms with Gasteiger partial charge in [0.05, 0.1) is 5.69 Å². The van der Waals surface area contributed by atoms with Gasteiger partial charge in [-0.05, 0) is 31.2 Å². The number of benzene rings is 1. The summed E-state index contributed by atoms with van der Waals surface area (Å²) in [4.78, 5) is 19.0. The number of nitrogens with one attached hydrogen (secondary N) is 2. The van der Waals surface area contributed by atoms with Crippen LogP contribution in [-0.4, -0.2) is 37.3 Å². The molecular weight excluding hydrogens is 388 g/mol. The molecule has 0 aliphatic heterocycles. The molecule has 6 N–H and O–H groups in total. The Bertz CT molecular complexity index is 1160. The van der Waals surface area contributed by atoms with Crippen molar-refractivity contribution in [1.29, 1.82) is 5.41 Å². The molecule has 0 radical (unpaired) electrons. The fourth-order valence-corrected chi connectivity index (χ4v) is 2.48. The molecule has 2 heterocycles. The van der Waals surface area contributed by atoms with Gasteiger partial charge in [-0.1, -0.05) is 17.0 Å². The quantitative estimate of drug-likeness (QED) is 0.228. The van der Waals surface area contributed by atoms with Crippen LogP contribution in [0.15, 0.2) is 41.1 Å². The van der Waals surface area contributed by atoms with Crippen LogP contribution in [-0.2, 0) is 17.0 Å². The molecule has 0 fully saturated rings. The van der Waals surface area contributed by atoms with Crippen molar-refractivity contribution in [3.8, 4) is 11.8 Å². The molecule has 3 aromatic rings. The van der Waals surface area contributed by atoms with E-state index in [0.717, 1.165) is 0 Å². The van der Waals surface area contributed by atoms with E-state index in [1.807, 2.05) is 0 Å². The molecule has 0 bridgehead atoms. The number of aromatic nitrogens is 3. The highest BCUT2D eigenvalue weighted by Gasteiger charge is 2.25. The number of nitrogens with zero attached hydrogens (tertiary/aromatic N) is 3. The first kappa shape index (κ1) is 20.7. The molecule has 0 amide bonds. The number of nitrogen functional groups attached to an aromatic ring is 1. The number of hydrogen-bond acceptors (Lipinski definition) is 10.